The molecule has 25 nitrogen and oxygen atoms in total. The maximum Gasteiger partial charge on any atom is 0.472 e. The van der Waals surface area contributed by atoms with E-state index in [1.165, 1.54) is 128 Å². The third-order valence-electron chi connectivity index (χ3n) is 21.6. The van der Waals surface area contributed by atoms with Crippen LogP contribution in [0.4, 0.5) is 0 Å². The highest BCUT2D eigenvalue weighted by Crippen LogP contribution is 2.49. The Morgan fingerprint density at radius 3 is 1.07 bits per heavy atom. The number of phosphoric ester groups is 1. The van der Waals surface area contributed by atoms with Gasteiger partial charge in [-0.15, -0.1) is 0 Å². The van der Waals surface area contributed by atoms with Crippen molar-refractivity contribution in [2.45, 2.75) is 466 Å². The molecule has 1 aliphatic carbocycles. The van der Waals surface area contributed by atoms with Gasteiger partial charge in [-0.25, -0.2) is 4.57 Å². The molecule has 0 radical (unpaired) electrons. The van der Waals surface area contributed by atoms with Gasteiger partial charge in [0.05, 0.1) is 13.2 Å². The maximum absolute atomic E-state index is 14.9. The number of esters is 4. The number of allylic oxidation sites excluding steroid dienone is 6. The van der Waals surface area contributed by atoms with E-state index < -0.39 is 162 Å². The fraction of sp³-hybridized carbons (Fsp3) is 0.885. The Morgan fingerprint density at radius 1 is 0.345 bits per heavy atom. The van der Waals surface area contributed by atoms with Gasteiger partial charge in [0.15, 0.2) is 24.8 Å². The van der Waals surface area contributed by atoms with Crippen LogP contribution in [0, 0.1) is 0 Å². The van der Waals surface area contributed by atoms with Crippen molar-refractivity contribution >= 4 is 31.7 Å². The standard InChI is InChI=1S/C87H157O25P/c1-5-9-13-17-21-25-29-33-34-38-40-43-47-51-55-59-70(89)103-64-67(106-72(91)61-57-53-49-45-41-36-31-27-23-19-15-11-7-3)65-105-113(101,102)112-85-83(110-86-80(99)76(95)74(93)68(63-88)107-86)79(98)78(97)82(109-73(92)62-58-54-50-46-42-37-32-28-24-20-16-12-8-4)84(85)111-87-81(100)77(96)75(94)69(108-87)66-104-71(90)60-56-52-48-44-39-35-30-26-22-18-14-10-6-2/h25,29,36-37,41-42,67-69,74-88,93-100H,5-24,26-28,30-35,38-40,43-66H2,1-4H3,(H,101,102)/b29-25-,41-36-,42-37-. The normalized spacial score (nSPS) is 25.6. The van der Waals surface area contributed by atoms with E-state index in [0.29, 0.717) is 38.5 Å². The molecule has 0 aromatic heterocycles. The van der Waals surface area contributed by atoms with Crippen molar-refractivity contribution < 1.29 is 122 Å². The number of hydrogen-bond donors (Lipinski definition) is 10. The Labute approximate surface area is 678 Å². The molecule has 0 aromatic rings. The van der Waals surface area contributed by atoms with Gasteiger partial charge >= 0.3 is 31.7 Å². The third kappa shape index (κ3) is 47.3. The molecule has 3 fully saturated rings. The molecule has 18 unspecified atom stereocenters. The summed E-state index contributed by atoms with van der Waals surface area (Å²) in [7, 11) is -5.81. The molecule has 10 N–H and O–H groups in total. The molecule has 0 spiro atoms. The SMILES string of the molecule is CCCCCC/C=C\CCCCCCCCCC(=O)OCC(COP(=O)(O)OC1C(OC2OC(CO)C(O)C(O)C2O)C(O)C(O)C(OC(=O)CCCCC/C=C\CCCCCCCC)C1OC1OC(COC(=O)CCCCCCCCCCCCCCC)C(O)C(O)C1O)OC(=O)CCCCC/C=C\CCCCCCCC. The smallest absolute Gasteiger partial charge is 0.463 e. The van der Waals surface area contributed by atoms with Crippen LogP contribution in [0.2, 0.25) is 0 Å². The van der Waals surface area contributed by atoms with Gasteiger partial charge in [0.2, 0.25) is 0 Å². The monoisotopic (exact) mass is 1630 g/mol. The number of hydrogen-bond acceptors (Lipinski definition) is 24. The van der Waals surface area contributed by atoms with E-state index in [4.69, 9.17) is 46.9 Å². The van der Waals surface area contributed by atoms with Gasteiger partial charge in [-0.3, -0.25) is 28.2 Å². The third-order valence-corrected chi connectivity index (χ3v) is 22.6. The summed E-state index contributed by atoms with van der Waals surface area (Å²) < 4.78 is 73.2. The van der Waals surface area contributed by atoms with Crippen molar-refractivity contribution in [3.63, 3.8) is 0 Å². The predicted molar refractivity (Wildman–Crippen MR) is 435 cm³/mol. The first-order valence-electron chi connectivity index (χ1n) is 44.7. The van der Waals surface area contributed by atoms with Crippen LogP contribution in [-0.4, -0.2) is 205 Å². The number of ether oxygens (including phenoxy) is 8. The summed E-state index contributed by atoms with van der Waals surface area (Å²) >= 11 is 0. The molecule has 0 bridgehead atoms. The predicted octanol–water partition coefficient (Wildman–Crippen LogP) is 15.5. The first-order valence-corrected chi connectivity index (χ1v) is 46.2. The maximum atomic E-state index is 14.9. The molecule has 113 heavy (non-hydrogen) atoms. The Hall–Kier alpha value is -3.31. The first-order chi connectivity index (χ1) is 54.7. The van der Waals surface area contributed by atoms with Crippen molar-refractivity contribution in [2.75, 3.05) is 26.4 Å². The summed E-state index contributed by atoms with van der Waals surface area (Å²) in [5.41, 5.74) is 0. The van der Waals surface area contributed by atoms with E-state index in [1.54, 1.807) is 0 Å². The summed E-state index contributed by atoms with van der Waals surface area (Å²) in [6.07, 6.45) is 26.1. The van der Waals surface area contributed by atoms with Crippen molar-refractivity contribution in [1.29, 1.82) is 0 Å². The number of aliphatic hydroxyl groups is 9. The highest BCUT2D eigenvalue weighted by molar-refractivity contribution is 7.47. The molecule has 3 rings (SSSR count). The zero-order valence-corrected chi connectivity index (χ0v) is 70.8. The molecule has 2 heterocycles. The molecule has 26 heteroatoms. The van der Waals surface area contributed by atoms with Gasteiger partial charge in [0.25, 0.3) is 0 Å². The highest BCUT2D eigenvalue weighted by Gasteiger charge is 2.60. The quantitative estimate of drug-likeness (QED) is 0.00889. The van der Waals surface area contributed by atoms with Crippen molar-refractivity contribution in [3.05, 3.63) is 36.5 Å². The van der Waals surface area contributed by atoms with Crippen molar-refractivity contribution in [3.8, 4) is 0 Å². The van der Waals surface area contributed by atoms with E-state index in [9.17, 15) is 74.6 Å². The molecule has 2 aliphatic heterocycles. The minimum absolute atomic E-state index is 0.0138. The van der Waals surface area contributed by atoms with Crippen LogP contribution in [-0.2, 0) is 70.7 Å². The zero-order chi connectivity index (χ0) is 82.5. The molecule has 18 atom stereocenters. The molecule has 660 valence electrons. The van der Waals surface area contributed by atoms with Crippen LogP contribution in [0.3, 0.4) is 0 Å². The number of carbonyl (C=O) groups is 4. The van der Waals surface area contributed by atoms with E-state index in [1.807, 2.05) is 0 Å². The van der Waals surface area contributed by atoms with Crippen molar-refractivity contribution in [2.24, 2.45) is 0 Å². The summed E-state index contributed by atoms with van der Waals surface area (Å²) in [4.78, 5) is 66.2. The zero-order valence-electron chi connectivity index (χ0n) is 69.9. The molecule has 0 amide bonds. The van der Waals surface area contributed by atoms with Crippen LogP contribution >= 0.6 is 7.82 Å². The van der Waals surface area contributed by atoms with E-state index >= 15 is 0 Å². The molecule has 0 aromatic carbocycles. The summed E-state index contributed by atoms with van der Waals surface area (Å²) in [5, 5.41) is 102. The van der Waals surface area contributed by atoms with Crippen LogP contribution in [0.5, 0.6) is 0 Å². The van der Waals surface area contributed by atoms with Gasteiger partial charge in [-0.2, -0.15) is 0 Å². The van der Waals surface area contributed by atoms with E-state index in [-0.39, 0.29) is 32.1 Å². The Morgan fingerprint density at radius 2 is 0.664 bits per heavy atom. The van der Waals surface area contributed by atoms with Gasteiger partial charge in [-0.1, -0.05) is 270 Å². The second-order valence-corrected chi connectivity index (χ2v) is 33.1. The Bertz CT molecular complexity index is 2510. The van der Waals surface area contributed by atoms with Gasteiger partial charge in [-0.05, 0) is 103 Å². The summed E-state index contributed by atoms with van der Waals surface area (Å²) in [5.74, 6) is -3.01. The lowest BCUT2D eigenvalue weighted by Gasteiger charge is -2.50. The first kappa shape index (κ1) is 104. The van der Waals surface area contributed by atoms with Crippen LogP contribution in [0.15, 0.2) is 36.5 Å². The molecule has 1 saturated carbocycles. The summed E-state index contributed by atoms with van der Waals surface area (Å²) in [6.45, 7) is 5.50. The fourth-order valence-corrected chi connectivity index (χ4v) is 15.4. The van der Waals surface area contributed by atoms with Gasteiger partial charge in [0, 0.05) is 25.7 Å². The Balaban J connectivity index is 1.94. The van der Waals surface area contributed by atoms with Gasteiger partial charge < -0.3 is 88.7 Å². The molecule has 2 saturated heterocycles. The second kappa shape index (κ2) is 66.5. The van der Waals surface area contributed by atoms with Crippen molar-refractivity contribution in [1.82, 2.24) is 0 Å². The summed E-state index contributed by atoms with van der Waals surface area (Å²) in [6, 6.07) is 0. The lowest BCUT2D eigenvalue weighted by molar-refractivity contribution is -0.360. The average Bonchev–Trinajstić information content (AvgIpc) is 0.754. The molecule has 3 aliphatic rings. The van der Waals surface area contributed by atoms with Crippen LogP contribution < -0.4 is 0 Å². The number of rotatable bonds is 71. The number of unbranched alkanes of at least 4 members (excludes halogenated alkanes) is 41. The average molecular weight is 1630 g/mol. The minimum Gasteiger partial charge on any atom is -0.463 e. The highest BCUT2D eigenvalue weighted by atomic mass is 31.2. The number of aliphatic hydroxyl groups excluding tert-OH is 9. The Kier molecular flexibility index (Phi) is 61.1. The van der Waals surface area contributed by atoms with Crippen LogP contribution in [0.25, 0.3) is 0 Å². The topological polar surface area (TPSA) is 380 Å². The van der Waals surface area contributed by atoms with E-state index in [2.05, 4.69) is 64.2 Å². The largest absolute Gasteiger partial charge is 0.472 e. The fourth-order valence-electron chi connectivity index (χ4n) is 14.4. The lowest BCUT2D eigenvalue weighted by atomic mass is 9.84. The van der Waals surface area contributed by atoms with E-state index in [0.717, 1.165) is 135 Å². The minimum atomic E-state index is -5.81. The number of carbonyl (C=O) groups excluding carboxylic acids is 4. The molecular weight excluding hydrogens is 1480 g/mol. The van der Waals surface area contributed by atoms with Gasteiger partial charge in [0.1, 0.15) is 92.6 Å². The lowest BCUT2D eigenvalue weighted by Crippen LogP contribution is -2.70. The number of phosphoric acid groups is 1. The van der Waals surface area contributed by atoms with Crippen LogP contribution in [0.1, 0.15) is 362 Å². The molecular formula is C87H157O25P. The second-order valence-electron chi connectivity index (χ2n) is 31.7.